The van der Waals surface area contributed by atoms with E-state index < -0.39 is 0 Å². The Hall–Kier alpha value is -2.89. The summed E-state index contributed by atoms with van der Waals surface area (Å²) >= 11 is 0. The summed E-state index contributed by atoms with van der Waals surface area (Å²) in [5, 5.41) is 11.1. The average molecular weight is 323 g/mol. The first kappa shape index (κ1) is 16.0. The summed E-state index contributed by atoms with van der Waals surface area (Å²) in [5.41, 5.74) is 4.05. The molecule has 0 aliphatic carbocycles. The third-order valence-electron chi connectivity index (χ3n) is 4.21. The van der Waals surface area contributed by atoms with Crippen molar-refractivity contribution in [3.8, 4) is 0 Å². The second kappa shape index (κ2) is 6.70. The van der Waals surface area contributed by atoms with E-state index >= 15 is 0 Å². The van der Waals surface area contributed by atoms with Gasteiger partial charge in [0, 0.05) is 36.4 Å². The van der Waals surface area contributed by atoms with Crippen molar-refractivity contribution < 1.29 is 4.79 Å². The summed E-state index contributed by atoms with van der Waals surface area (Å²) in [5.74, 6) is 0. The third-order valence-corrected chi connectivity index (χ3v) is 4.21. The van der Waals surface area contributed by atoms with Gasteiger partial charge in [0.1, 0.15) is 0 Å². The summed E-state index contributed by atoms with van der Waals surface area (Å²) in [7, 11) is 1.89. The van der Waals surface area contributed by atoms with Crippen molar-refractivity contribution in [2.45, 2.75) is 26.4 Å². The van der Waals surface area contributed by atoms with E-state index in [1.165, 1.54) is 0 Å². The molecule has 2 N–H and O–H groups in total. The molecule has 2 aromatic heterocycles. The molecular formula is C18H21N5O. The van der Waals surface area contributed by atoms with Crippen LogP contribution < -0.4 is 10.6 Å². The Morgan fingerprint density at radius 1 is 1.33 bits per heavy atom. The van der Waals surface area contributed by atoms with Gasteiger partial charge in [-0.2, -0.15) is 5.10 Å². The molecule has 0 saturated carbocycles. The molecule has 2 amide bonds. The number of nitrogens with one attached hydrogen (secondary N) is 2. The number of pyridine rings is 1. The van der Waals surface area contributed by atoms with Crippen molar-refractivity contribution in [1.82, 2.24) is 25.4 Å². The van der Waals surface area contributed by atoms with Gasteiger partial charge in [-0.15, -0.1) is 0 Å². The predicted octanol–water partition coefficient (Wildman–Crippen LogP) is 2.84. The van der Waals surface area contributed by atoms with Crippen molar-refractivity contribution in [3.63, 3.8) is 0 Å². The predicted molar refractivity (Wildman–Crippen MR) is 93.5 cm³/mol. The number of rotatable bonds is 4. The molecule has 0 saturated heterocycles. The highest BCUT2D eigenvalue weighted by Crippen LogP contribution is 2.16. The van der Waals surface area contributed by atoms with Crippen LogP contribution in [0.5, 0.6) is 0 Å². The highest BCUT2D eigenvalue weighted by molar-refractivity contribution is 5.79. The zero-order chi connectivity index (χ0) is 17.1. The lowest BCUT2D eigenvalue weighted by Gasteiger charge is -2.14. The van der Waals surface area contributed by atoms with E-state index in [4.69, 9.17) is 0 Å². The molecule has 6 nitrogen and oxygen atoms in total. The number of hydrogen-bond acceptors (Lipinski definition) is 3. The highest BCUT2D eigenvalue weighted by atomic mass is 16.2. The van der Waals surface area contributed by atoms with E-state index in [1.54, 1.807) is 17.1 Å². The first-order valence-corrected chi connectivity index (χ1v) is 7.91. The number of aromatic nitrogens is 3. The quantitative estimate of drug-likeness (QED) is 0.775. The SMILES string of the molecule is Cc1c([C@H](C)NC(=O)NCc2ccc3ncccc3c2)cnn1C. The zero-order valence-corrected chi connectivity index (χ0v) is 14.1. The molecule has 3 rings (SSSR count). The van der Waals surface area contributed by atoms with Gasteiger partial charge in [0.25, 0.3) is 0 Å². The molecule has 0 aliphatic heterocycles. The number of amides is 2. The van der Waals surface area contributed by atoms with Crippen molar-refractivity contribution in [2.24, 2.45) is 7.05 Å². The molecule has 0 radical (unpaired) electrons. The molecule has 1 aromatic carbocycles. The van der Waals surface area contributed by atoms with Crippen LogP contribution in [-0.2, 0) is 13.6 Å². The number of carbonyl (C=O) groups excluding carboxylic acids is 1. The lowest BCUT2D eigenvalue weighted by atomic mass is 10.1. The molecule has 24 heavy (non-hydrogen) atoms. The summed E-state index contributed by atoms with van der Waals surface area (Å²) in [6.45, 7) is 4.40. The molecule has 0 spiro atoms. The smallest absolute Gasteiger partial charge is 0.315 e. The van der Waals surface area contributed by atoms with Crippen LogP contribution in [0.1, 0.15) is 29.8 Å². The fraction of sp³-hybridized carbons (Fsp3) is 0.278. The van der Waals surface area contributed by atoms with E-state index in [0.717, 1.165) is 27.7 Å². The second-order valence-electron chi connectivity index (χ2n) is 5.89. The fourth-order valence-electron chi connectivity index (χ4n) is 2.68. The number of fused-ring (bicyclic) bond motifs is 1. The molecule has 1 atom stereocenters. The maximum absolute atomic E-state index is 12.1. The molecule has 2 heterocycles. The van der Waals surface area contributed by atoms with Gasteiger partial charge in [-0.05, 0) is 37.6 Å². The Bertz CT molecular complexity index is 871. The Labute approximate surface area is 140 Å². The number of carbonyl (C=O) groups is 1. The number of aryl methyl sites for hydroxylation is 1. The van der Waals surface area contributed by atoms with E-state index in [9.17, 15) is 4.79 Å². The monoisotopic (exact) mass is 323 g/mol. The van der Waals surface area contributed by atoms with Crippen molar-refractivity contribution in [2.75, 3.05) is 0 Å². The lowest BCUT2D eigenvalue weighted by Crippen LogP contribution is -2.36. The van der Waals surface area contributed by atoms with E-state index in [1.807, 2.05) is 51.2 Å². The minimum atomic E-state index is -0.197. The maximum Gasteiger partial charge on any atom is 0.315 e. The van der Waals surface area contributed by atoms with Crippen LogP contribution >= 0.6 is 0 Å². The van der Waals surface area contributed by atoms with Crippen LogP contribution in [0.3, 0.4) is 0 Å². The van der Waals surface area contributed by atoms with Gasteiger partial charge in [-0.3, -0.25) is 9.67 Å². The van der Waals surface area contributed by atoms with Crippen molar-refractivity contribution in [1.29, 1.82) is 0 Å². The Morgan fingerprint density at radius 2 is 2.17 bits per heavy atom. The van der Waals surface area contributed by atoms with Gasteiger partial charge in [0.2, 0.25) is 0 Å². The van der Waals surface area contributed by atoms with Crippen LogP contribution in [0, 0.1) is 6.92 Å². The molecule has 0 bridgehead atoms. The Balaban J connectivity index is 1.59. The summed E-state index contributed by atoms with van der Waals surface area (Å²) in [6.07, 6.45) is 3.56. The third kappa shape index (κ3) is 3.37. The van der Waals surface area contributed by atoms with Gasteiger partial charge in [-0.25, -0.2) is 4.79 Å². The minimum Gasteiger partial charge on any atom is -0.334 e. The van der Waals surface area contributed by atoms with Gasteiger partial charge in [0.15, 0.2) is 0 Å². The Morgan fingerprint density at radius 3 is 2.92 bits per heavy atom. The van der Waals surface area contributed by atoms with E-state index in [0.29, 0.717) is 6.54 Å². The van der Waals surface area contributed by atoms with Crippen LogP contribution in [0.2, 0.25) is 0 Å². The summed E-state index contributed by atoms with van der Waals surface area (Å²) in [6, 6.07) is 9.60. The van der Waals surface area contributed by atoms with Crippen LogP contribution in [0.15, 0.2) is 42.7 Å². The summed E-state index contributed by atoms with van der Waals surface area (Å²) < 4.78 is 1.80. The molecule has 0 aliphatic rings. The highest BCUT2D eigenvalue weighted by Gasteiger charge is 2.14. The Kier molecular flexibility index (Phi) is 4.46. The van der Waals surface area contributed by atoms with Crippen molar-refractivity contribution in [3.05, 3.63) is 59.5 Å². The summed E-state index contributed by atoms with van der Waals surface area (Å²) in [4.78, 5) is 16.4. The molecular weight excluding hydrogens is 302 g/mol. The largest absolute Gasteiger partial charge is 0.334 e. The van der Waals surface area contributed by atoms with Crippen LogP contribution in [0.25, 0.3) is 10.9 Å². The average Bonchev–Trinajstić information content (AvgIpc) is 2.92. The zero-order valence-electron chi connectivity index (χ0n) is 14.1. The van der Waals surface area contributed by atoms with Gasteiger partial charge < -0.3 is 10.6 Å². The first-order chi connectivity index (χ1) is 11.5. The van der Waals surface area contributed by atoms with E-state index in [-0.39, 0.29) is 12.1 Å². The number of urea groups is 1. The van der Waals surface area contributed by atoms with Gasteiger partial charge >= 0.3 is 6.03 Å². The molecule has 6 heteroatoms. The van der Waals surface area contributed by atoms with Gasteiger partial charge in [-0.1, -0.05) is 12.1 Å². The maximum atomic E-state index is 12.1. The normalized spacial score (nSPS) is 12.1. The first-order valence-electron chi connectivity index (χ1n) is 7.91. The number of benzene rings is 1. The second-order valence-corrected chi connectivity index (χ2v) is 5.89. The van der Waals surface area contributed by atoms with Gasteiger partial charge in [0.05, 0.1) is 17.8 Å². The minimum absolute atomic E-state index is 0.0977. The topological polar surface area (TPSA) is 71.8 Å². The van der Waals surface area contributed by atoms with Crippen LogP contribution in [0.4, 0.5) is 4.79 Å². The van der Waals surface area contributed by atoms with Crippen LogP contribution in [-0.4, -0.2) is 20.8 Å². The number of nitrogens with zero attached hydrogens (tertiary/aromatic N) is 3. The molecule has 3 aromatic rings. The molecule has 0 fully saturated rings. The van der Waals surface area contributed by atoms with Crippen molar-refractivity contribution >= 4 is 16.9 Å². The fourth-order valence-corrected chi connectivity index (χ4v) is 2.68. The molecule has 124 valence electrons. The molecule has 0 unspecified atom stereocenters. The lowest BCUT2D eigenvalue weighted by molar-refractivity contribution is 0.237. The standard InChI is InChI=1S/C18H21N5O/c1-12(16-11-21-23(3)13(16)2)22-18(24)20-10-14-6-7-17-15(9-14)5-4-8-19-17/h4-9,11-12H,10H2,1-3H3,(H2,20,22,24)/t12-/m0/s1. The van der Waals surface area contributed by atoms with E-state index in [2.05, 4.69) is 20.7 Å². The number of hydrogen-bond donors (Lipinski definition) is 2.